The van der Waals surface area contributed by atoms with Crippen LogP contribution in [-0.4, -0.2) is 43.1 Å². The van der Waals surface area contributed by atoms with Crippen molar-refractivity contribution in [3.05, 3.63) is 29.3 Å². The molecule has 6 nitrogen and oxygen atoms in total. The summed E-state index contributed by atoms with van der Waals surface area (Å²) in [5.74, 6) is 0.148. The largest absolute Gasteiger partial charge is 0.491 e. The van der Waals surface area contributed by atoms with Crippen molar-refractivity contribution in [1.29, 1.82) is 0 Å². The summed E-state index contributed by atoms with van der Waals surface area (Å²) < 4.78 is 5.52. The highest BCUT2D eigenvalue weighted by atomic mass is 35.5. The molecule has 1 aromatic rings. The van der Waals surface area contributed by atoms with Crippen LogP contribution < -0.4 is 15.8 Å². The highest BCUT2D eigenvalue weighted by Crippen LogP contribution is 2.22. The molecule has 1 rings (SSSR count). The van der Waals surface area contributed by atoms with Crippen LogP contribution in [-0.2, 0) is 4.79 Å². The van der Waals surface area contributed by atoms with Crippen LogP contribution in [0.4, 0.5) is 4.79 Å². The average molecular weight is 300 g/mol. The Hall–Kier alpha value is -1.79. The molecule has 110 valence electrons. The highest BCUT2D eigenvalue weighted by Gasteiger charge is 2.18. The lowest BCUT2D eigenvalue weighted by Gasteiger charge is -2.23. The number of benzene rings is 1. The maximum absolute atomic E-state index is 11.6. The minimum Gasteiger partial charge on any atom is -0.491 e. The zero-order valence-electron chi connectivity index (χ0n) is 11.4. The fraction of sp³-hybridized carbons (Fsp3) is 0.385. The van der Waals surface area contributed by atoms with E-state index in [1.54, 1.807) is 31.0 Å². The van der Waals surface area contributed by atoms with Gasteiger partial charge in [0.15, 0.2) is 0 Å². The van der Waals surface area contributed by atoms with E-state index in [0.717, 1.165) is 0 Å². The topological polar surface area (TPSA) is 84.7 Å². The Morgan fingerprint density at radius 1 is 1.45 bits per heavy atom. The first-order valence-electron chi connectivity index (χ1n) is 6.09. The smallest absolute Gasteiger partial charge is 0.318 e. The SMILES string of the molecule is CC(C(=O)NC(N)=O)N(C)CCOc1ccccc1Cl. The van der Waals surface area contributed by atoms with Gasteiger partial charge in [0, 0.05) is 6.54 Å². The van der Waals surface area contributed by atoms with E-state index in [9.17, 15) is 9.59 Å². The molecule has 20 heavy (non-hydrogen) atoms. The molecule has 0 heterocycles. The molecule has 3 amide bonds. The minimum atomic E-state index is -0.859. The number of nitrogens with two attached hydrogens (primary N) is 1. The Morgan fingerprint density at radius 3 is 2.70 bits per heavy atom. The van der Waals surface area contributed by atoms with E-state index in [2.05, 4.69) is 0 Å². The van der Waals surface area contributed by atoms with Crippen molar-refractivity contribution in [3.63, 3.8) is 0 Å². The molecule has 0 aromatic heterocycles. The van der Waals surface area contributed by atoms with Gasteiger partial charge in [-0.25, -0.2) is 4.79 Å². The lowest BCUT2D eigenvalue weighted by molar-refractivity contribution is -0.124. The number of primary amides is 1. The Morgan fingerprint density at radius 2 is 2.10 bits per heavy atom. The second kappa shape index (κ2) is 7.72. The predicted molar refractivity (Wildman–Crippen MR) is 76.8 cm³/mol. The van der Waals surface area contributed by atoms with Crippen molar-refractivity contribution in [1.82, 2.24) is 10.2 Å². The molecular formula is C13H18ClN3O3. The summed E-state index contributed by atoms with van der Waals surface area (Å²) in [5.41, 5.74) is 4.90. The van der Waals surface area contributed by atoms with Crippen LogP contribution >= 0.6 is 11.6 Å². The van der Waals surface area contributed by atoms with Crippen molar-refractivity contribution in [3.8, 4) is 5.75 Å². The van der Waals surface area contributed by atoms with Crippen molar-refractivity contribution in [2.75, 3.05) is 20.2 Å². The van der Waals surface area contributed by atoms with Crippen LogP contribution in [0, 0.1) is 0 Å². The van der Waals surface area contributed by atoms with Crippen LogP contribution in [0.5, 0.6) is 5.75 Å². The van der Waals surface area contributed by atoms with E-state index in [0.29, 0.717) is 23.9 Å². The third-order valence-corrected chi connectivity index (χ3v) is 3.14. The number of rotatable bonds is 6. The van der Waals surface area contributed by atoms with Crippen molar-refractivity contribution >= 4 is 23.5 Å². The molecule has 3 N–H and O–H groups in total. The first kappa shape index (κ1) is 16.3. The second-order valence-corrected chi connectivity index (χ2v) is 4.70. The van der Waals surface area contributed by atoms with Gasteiger partial charge in [-0.1, -0.05) is 23.7 Å². The molecule has 0 bridgehead atoms. The number of hydrogen-bond acceptors (Lipinski definition) is 4. The van der Waals surface area contributed by atoms with Gasteiger partial charge in [0.25, 0.3) is 0 Å². The first-order valence-corrected chi connectivity index (χ1v) is 6.47. The van der Waals surface area contributed by atoms with Gasteiger partial charge in [0.1, 0.15) is 12.4 Å². The maximum atomic E-state index is 11.6. The number of amides is 3. The van der Waals surface area contributed by atoms with Crippen molar-refractivity contribution in [2.45, 2.75) is 13.0 Å². The number of hydrogen-bond donors (Lipinski definition) is 2. The Bertz CT molecular complexity index is 482. The zero-order chi connectivity index (χ0) is 15.1. The second-order valence-electron chi connectivity index (χ2n) is 4.29. The normalized spacial score (nSPS) is 12.0. The number of carbonyl (C=O) groups is 2. The summed E-state index contributed by atoms with van der Waals surface area (Å²) in [5, 5.41) is 2.57. The summed E-state index contributed by atoms with van der Waals surface area (Å²) >= 11 is 5.96. The van der Waals surface area contributed by atoms with Gasteiger partial charge < -0.3 is 10.5 Å². The molecule has 0 fully saturated rings. The van der Waals surface area contributed by atoms with E-state index >= 15 is 0 Å². The van der Waals surface area contributed by atoms with Crippen molar-refractivity contribution in [2.24, 2.45) is 5.73 Å². The van der Waals surface area contributed by atoms with Gasteiger partial charge in [0.05, 0.1) is 11.1 Å². The minimum absolute atomic E-state index is 0.369. The number of halogens is 1. The van der Waals surface area contributed by atoms with Crippen LogP contribution in [0.3, 0.4) is 0 Å². The van der Waals surface area contributed by atoms with E-state index in [1.165, 1.54) is 0 Å². The Kier molecular flexibility index (Phi) is 6.27. The molecule has 0 radical (unpaired) electrons. The molecule has 1 aromatic carbocycles. The lowest BCUT2D eigenvalue weighted by Crippen LogP contribution is -2.47. The van der Waals surface area contributed by atoms with Gasteiger partial charge in [-0.2, -0.15) is 0 Å². The first-order chi connectivity index (χ1) is 9.41. The fourth-order valence-electron chi connectivity index (χ4n) is 1.48. The molecule has 0 saturated carbocycles. The molecule has 1 atom stereocenters. The van der Waals surface area contributed by atoms with Crippen LogP contribution in [0.25, 0.3) is 0 Å². The maximum Gasteiger partial charge on any atom is 0.318 e. The predicted octanol–water partition coefficient (Wildman–Crippen LogP) is 1.23. The molecule has 0 aliphatic rings. The van der Waals surface area contributed by atoms with E-state index in [-0.39, 0.29) is 0 Å². The third-order valence-electron chi connectivity index (χ3n) is 2.83. The number of carbonyl (C=O) groups excluding carboxylic acids is 2. The molecule has 0 aliphatic carbocycles. The Labute approximate surface area is 122 Å². The van der Waals surface area contributed by atoms with Gasteiger partial charge in [-0.15, -0.1) is 0 Å². The summed E-state index contributed by atoms with van der Waals surface area (Å²) in [7, 11) is 1.75. The number of imide groups is 1. The number of ether oxygens (including phenoxy) is 1. The zero-order valence-corrected chi connectivity index (χ0v) is 12.2. The summed E-state index contributed by atoms with van der Waals surface area (Å²) in [6.07, 6.45) is 0. The standard InChI is InChI=1S/C13H18ClN3O3/c1-9(12(18)16-13(15)19)17(2)7-8-20-11-6-4-3-5-10(11)14/h3-6,9H,7-8H2,1-2H3,(H3,15,16,18,19). The third kappa shape index (κ3) is 5.07. The number of urea groups is 1. The average Bonchev–Trinajstić information content (AvgIpc) is 2.39. The molecule has 0 spiro atoms. The number of nitrogens with zero attached hydrogens (tertiary/aromatic N) is 1. The van der Waals surface area contributed by atoms with E-state index < -0.39 is 18.0 Å². The quantitative estimate of drug-likeness (QED) is 0.827. The van der Waals surface area contributed by atoms with Crippen LogP contribution in [0.2, 0.25) is 5.02 Å². The number of para-hydroxylation sites is 1. The highest BCUT2D eigenvalue weighted by molar-refractivity contribution is 6.32. The molecule has 0 aliphatic heterocycles. The number of likely N-dealkylation sites (N-methyl/N-ethyl adjacent to an activating group) is 1. The molecule has 1 unspecified atom stereocenters. The summed E-state index contributed by atoms with van der Waals surface area (Å²) in [6.45, 7) is 2.54. The summed E-state index contributed by atoms with van der Waals surface area (Å²) in [6, 6.07) is 5.81. The fourth-order valence-corrected chi connectivity index (χ4v) is 1.67. The van der Waals surface area contributed by atoms with Crippen LogP contribution in [0.1, 0.15) is 6.92 Å². The Balaban J connectivity index is 2.39. The van der Waals surface area contributed by atoms with Gasteiger partial charge >= 0.3 is 6.03 Å². The van der Waals surface area contributed by atoms with Crippen molar-refractivity contribution < 1.29 is 14.3 Å². The van der Waals surface area contributed by atoms with Gasteiger partial charge in [0.2, 0.25) is 5.91 Å². The monoisotopic (exact) mass is 299 g/mol. The lowest BCUT2D eigenvalue weighted by atomic mass is 10.3. The molecule has 0 saturated heterocycles. The van der Waals surface area contributed by atoms with E-state index in [1.807, 2.05) is 17.4 Å². The summed E-state index contributed by atoms with van der Waals surface area (Å²) in [4.78, 5) is 23.9. The number of nitrogens with one attached hydrogen (secondary N) is 1. The van der Waals surface area contributed by atoms with Gasteiger partial charge in [-0.3, -0.25) is 15.0 Å². The van der Waals surface area contributed by atoms with E-state index in [4.69, 9.17) is 22.1 Å². The van der Waals surface area contributed by atoms with Gasteiger partial charge in [-0.05, 0) is 26.1 Å². The molecule has 7 heteroatoms. The molecular weight excluding hydrogens is 282 g/mol. The van der Waals surface area contributed by atoms with Crippen LogP contribution in [0.15, 0.2) is 24.3 Å².